The molecular formula is C59H49N. The Labute approximate surface area is 355 Å². The van der Waals surface area contributed by atoms with Crippen LogP contribution in [0.15, 0.2) is 212 Å². The topological polar surface area (TPSA) is 3.24 Å². The van der Waals surface area contributed by atoms with Crippen LogP contribution in [-0.2, 0) is 10.8 Å². The quantitative estimate of drug-likeness (QED) is 0.156. The molecule has 2 unspecified atom stereocenters. The zero-order valence-electron chi connectivity index (χ0n) is 34.7. The minimum Gasteiger partial charge on any atom is -0.314 e. The molecule has 4 aliphatic carbocycles. The summed E-state index contributed by atoms with van der Waals surface area (Å²) in [6.45, 7) is 7.28. The summed E-state index contributed by atoms with van der Waals surface area (Å²) in [7, 11) is 0. The van der Waals surface area contributed by atoms with Crippen LogP contribution in [0, 0.1) is 0 Å². The number of para-hydroxylation sites is 1. The first-order valence-electron chi connectivity index (χ1n) is 21.7. The van der Waals surface area contributed by atoms with Gasteiger partial charge in [-0.1, -0.05) is 178 Å². The third-order valence-electron chi connectivity index (χ3n) is 14.0. The molecule has 60 heavy (non-hydrogen) atoms. The lowest BCUT2D eigenvalue weighted by molar-refractivity contribution is 0.649. The van der Waals surface area contributed by atoms with Gasteiger partial charge in [0.2, 0.25) is 0 Å². The van der Waals surface area contributed by atoms with Crippen molar-refractivity contribution in [2.24, 2.45) is 0 Å². The molecule has 290 valence electrons. The van der Waals surface area contributed by atoms with E-state index in [0.29, 0.717) is 5.92 Å². The van der Waals surface area contributed by atoms with Crippen LogP contribution in [0.3, 0.4) is 0 Å². The number of hydrogen-bond acceptors (Lipinski definition) is 1. The number of nitrogens with zero attached hydrogens (tertiary/aromatic N) is 1. The molecule has 0 radical (unpaired) electrons. The highest BCUT2D eigenvalue weighted by Crippen LogP contribution is 2.55. The van der Waals surface area contributed by atoms with Crippen molar-refractivity contribution in [3.8, 4) is 33.4 Å². The third-order valence-corrected chi connectivity index (χ3v) is 14.0. The highest BCUT2D eigenvalue weighted by Gasteiger charge is 2.42. The molecule has 11 rings (SSSR count). The van der Waals surface area contributed by atoms with Crippen LogP contribution < -0.4 is 4.90 Å². The van der Waals surface area contributed by atoms with Crippen molar-refractivity contribution in [2.75, 3.05) is 4.90 Å². The van der Waals surface area contributed by atoms with Gasteiger partial charge >= 0.3 is 0 Å². The lowest BCUT2D eigenvalue weighted by Gasteiger charge is -2.34. The maximum absolute atomic E-state index is 2.54. The monoisotopic (exact) mass is 771 g/mol. The summed E-state index contributed by atoms with van der Waals surface area (Å²) in [5, 5.41) is 0. The lowest BCUT2D eigenvalue weighted by Crippen LogP contribution is -2.22. The van der Waals surface area contributed by atoms with Crippen molar-refractivity contribution in [2.45, 2.75) is 56.8 Å². The van der Waals surface area contributed by atoms with E-state index in [1.54, 1.807) is 0 Å². The van der Waals surface area contributed by atoms with Gasteiger partial charge in [-0.05, 0) is 135 Å². The molecule has 0 fully saturated rings. The molecule has 7 aromatic rings. The number of benzene rings is 7. The van der Waals surface area contributed by atoms with Gasteiger partial charge in [0.15, 0.2) is 0 Å². The van der Waals surface area contributed by atoms with Crippen molar-refractivity contribution in [3.05, 3.63) is 245 Å². The summed E-state index contributed by atoms with van der Waals surface area (Å²) in [5.74, 6) is 0.417. The van der Waals surface area contributed by atoms with E-state index in [-0.39, 0.29) is 10.8 Å². The van der Waals surface area contributed by atoms with Gasteiger partial charge in [-0.15, -0.1) is 0 Å². The van der Waals surface area contributed by atoms with Crippen LogP contribution in [0.1, 0.15) is 79.3 Å². The maximum Gasteiger partial charge on any atom is 0.0536 e. The Balaban J connectivity index is 0.985. The molecule has 0 heterocycles. The first-order chi connectivity index (χ1) is 29.4. The van der Waals surface area contributed by atoms with E-state index >= 15 is 0 Å². The van der Waals surface area contributed by atoms with Crippen LogP contribution in [0.2, 0.25) is 0 Å². The van der Waals surface area contributed by atoms with Gasteiger partial charge < -0.3 is 4.90 Å². The minimum atomic E-state index is -0.226. The second-order valence-electron chi connectivity index (χ2n) is 17.7. The van der Waals surface area contributed by atoms with E-state index in [4.69, 9.17) is 0 Å². The summed E-state index contributed by atoms with van der Waals surface area (Å²) in [4.78, 5) is 2.54. The predicted molar refractivity (Wildman–Crippen MR) is 253 cm³/mol. The number of rotatable bonds is 7. The summed E-state index contributed by atoms with van der Waals surface area (Å²) in [6, 6.07) is 63.6. The lowest BCUT2D eigenvalue weighted by atomic mass is 9.74. The van der Waals surface area contributed by atoms with Crippen molar-refractivity contribution < 1.29 is 0 Å². The number of anilines is 2. The number of allylic oxidation sites excluding steroid dienone is 8. The molecule has 0 saturated carbocycles. The summed E-state index contributed by atoms with van der Waals surface area (Å²) in [6.07, 6.45) is 14.5. The number of fused-ring (bicyclic) bond motifs is 5. The molecule has 0 bridgehead atoms. The first-order valence-corrected chi connectivity index (χ1v) is 21.7. The molecule has 1 heteroatoms. The number of hydrogen-bond donors (Lipinski definition) is 0. The van der Waals surface area contributed by atoms with Crippen molar-refractivity contribution >= 4 is 16.9 Å². The van der Waals surface area contributed by atoms with Gasteiger partial charge in [0.1, 0.15) is 0 Å². The maximum atomic E-state index is 2.54. The van der Waals surface area contributed by atoms with Crippen molar-refractivity contribution in [1.82, 2.24) is 0 Å². The Morgan fingerprint density at radius 3 is 1.92 bits per heavy atom. The molecule has 0 saturated heterocycles. The fourth-order valence-electron chi connectivity index (χ4n) is 10.8. The average Bonchev–Trinajstić information content (AvgIpc) is 3.71. The van der Waals surface area contributed by atoms with E-state index in [9.17, 15) is 0 Å². The molecule has 2 atom stereocenters. The second-order valence-corrected chi connectivity index (χ2v) is 17.7. The Hall–Kier alpha value is -6.70. The summed E-state index contributed by atoms with van der Waals surface area (Å²) in [5.41, 5.74) is 22.3. The third kappa shape index (κ3) is 5.75. The average molecular weight is 772 g/mol. The van der Waals surface area contributed by atoms with Gasteiger partial charge in [0.25, 0.3) is 0 Å². The minimum absolute atomic E-state index is 0.160. The van der Waals surface area contributed by atoms with E-state index in [0.717, 1.165) is 19.3 Å². The standard InChI is InChI=1S/C59H49N/c1-58(2)54-37-43(44-30-35-52-49-24-13-15-25-53(49)59(3,56(52)38-44)45-21-11-6-12-22-45)29-34-50(54)51-36-33-47(39-55(51)58)60(46-31-27-41(28-32-46)40-17-7-4-8-18-40)57-26-16-14-23-48(57)42-19-9-5-10-20-42/h4-17,19-32,34-35,37-40H,18,33,36H2,1-3H3. The van der Waals surface area contributed by atoms with Crippen molar-refractivity contribution in [1.29, 1.82) is 0 Å². The van der Waals surface area contributed by atoms with Gasteiger partial charge in [-0.25, -0.2) is 0 Å². The zero-order valence-corrected chi connectivity index (χ0v) is 34.7. The molecular weight excluding hydrogens is 723 g/mol. The highest BCUT2D eigenvalue weighted by molar-refractivity contribution is 5.90. The van der Waals surface area contributed by atoms with E-state index in [2.05, 4.69) is 226 Å². The zero-order chi connectivity index (χ0) is 40.4. The largest absolute Gasteiger partial charge is 0.314 e. The first kappa shape index (κ1) is 36.4. The predicted octanol–water partition coefficient (Wildman–Crippen LogP) is 15.5. The molecule has 1 nitrogen and oxygen atoms in total. The SMILES string of the molecule is CC1(C)C2=C(CCC(N(c3ccc(C4C=CC=CC4)cc3)c3ccccc3-c3ccccc3)=C2)c2ccc(-c3ccc4c(c3)C(C)(c3ccccc3)c3ccccc3-4)cc21. The fourth-order valence-corrected chi connectivity index (χ4v) is 10.8. The van der Waals surface area contributed by atoms with Gasteiger partial charge in [-0.3, -0.25) is 0 Å². The second kappa shape index (κ2) is 14.2. The molecule has 0 spiro atoms. The van der Waals surface area contributed by atoms with Gasteiger partial charge in [-0.2, -0.15) is 0 Å². The molecule has 0 aliphatic heterocycles. The molecule has 0 aromatic heterocycles. The fraction of sp³-hybridized carbons (Fsp3) is 0.153. The smallest absolute Gasteiger partial charge is 0.0536 e. The molecule has 4 aliphatic rings. The normalized spacial score (nSPS) is 19.3. The van der Waals surface area contributed by atoms with Gasteiger partial charge in [0.05, 0.1) is 5.69 Å². The van der Waals surface area contributed by atoms with E-state index < -0.39 is 0 Å². The van der Waals surface area contributed by atoms with Crippen LogP contribution in [0.5, 0.6) is 0 Å². The van der Waals surface area contributed by atoms with E-state index in [1.807, 2.05) is 0 Å². The van der Waals surface area contributed by atoms with Gasteiger partial charge in [0, 0.05) is 33.7 Å². The van der Waals surface area contributed by atoms with Crippen LogP contribution in [-0.4, -0.2) is 0 Å². The summed E-state index contributed by atoms with van der Waals surface area (Å²) < 4.78 is 0. The van der Waals surface area contributed by atoms with Crippen LogP contribution >= 0.6 is 0 Å². The molecule has 0 N–H and O–H groups in total. The summed E-state index contributed by atoms with van der Waals surface area (Å²) >= 11 is 0. The molecule has 0 amide bonds. The Bertz CT molecular complexity index is 2920. The Morgan fingerprint density at radius 2 is 1.17 bits per heavy atom. The Kier molecular flexibility index (Phi) is 8.64. The van der Waals surface area contributed by atoms with Crippen LogP contribution in [0.25, 0.3) is 39.0 Å². The van der Waals surface area contributed by atoms with Crippen LogP contribution in [0.4, 0.5) is 11.4 Å². The molecule has 7 aromatic carbocycles. The highest BCUT2D eigenvalue weighted by atomic mass is 15.2. The Morgan fingerprint density at radius 1 is 0.517 bits per heavy atom. The van der Waals surface area contributed by atoms with E-state index in [1.165, 1.54) is 95.0 Å². The van der Waals surface area contributed by atoms with Crippen molar-refractivity contribution in [3.63, 3.8) is 0 Å².